The van der Waals surface area contributed by atoms with E-state index in [0.717, 1.165) is 53.7 Å². The van der Waals surface area contributed by atoms with Crippen LogP contribution in [0.2, 0.25) is 10.0 Å². The monoisotopic (exact) mass is 551 g/mol. The van der Waals surface area contributed by atoms with Crippen molar-refractivity contribution in [3.8, 4) is 0 Å². The van der Waals surface area contributed by atoms with Gasteiger partial charge in [0.15, 0.2) is 5.65 Å². The maximum atomic E-state index is 12.1. The van der Waals surface area contributed by atoms with Crippen molar-refractivity contribution in [1.29, 1.82) is 0 Å². The summed E-state index contributed by atoms with van der Waals surface area (Å²) >= 11 is 12.8. The Labute approximate surface area is 224 Å². The Bertz CT molecular complexity index is 1210. The molecular formula is C25H31Cl2N5OS2. The van der Waals surface area contributed by atoms with E-state index >= 15 is 0 Å². The minimum Gasteiger partial charge on any atom is -0.598 e. The summed E-state index contributed by atoms with van der Waals surface area (Å²) in [5.41, 5.74) is 1.18. The van der Waals surface area contributed by atoms with Gasteiger partial charge in [-0.25, -0.2) is 9.97 Å². The molecule has 0 bridgehead atoms. The molecule has 6 nitrogen and oxygen atoms in total. The zero-order valence-corrected chi connectivity index (χ0v) is 23.2. The van der Waals surface area contributed by atoms with E-state index in [1.165, 1.54) is 31.0 Å². The fraction of sp³-hybridized carbons (Fsp3) is 0.520. The van der Waals surface area contributed by atoms with Crippen LogP contribution >= 0.6 is 35.0 Å². The lowest BCUT2D eigenvalue weighted by atomic mass is 9.68. The summed E-state index contributed by atoms with van der Waals surface area (Å²) < 4.78 is 13.8. The third-order valence-electron chi connectivity index (χ3n) is 7.93. The molecule has 0 radical (unpaired) electrons. The number of hydrogen-bond acceptors (Lipinski definition) is 6. The number of benzene rings is 1. The van der Waals surface area contributed by atoms with Gasteiger partial charge in [0, 0.05) is 54.4 Å². The van der Waals surface area contributed by atoms with Crippen LogP contribution in [0.25, 0.3) is 5.65 Å². The third kappa shape index (κ3) is 4.90. The van der Waals surface area contributed by atoms with Crippen molar-refractivity contribution in [2.24, 2.45) is 16.5 Å². The van der Waals surface area contributed by atoms with Gasteiger partial charge >= 0.3 is 0 Å². The molecule has 2 N–H and O–H groups in total. The van der Waals surface area contributed by atoms with Gasteiger partial charge in [-0.15, -0.1) is 0 Å². The molecule has 3 heterocycles. The van der Waals surface area contributed by atoms with Gasteiger partial charge in [-0.3, -0.25) is 4.40 Å². The van der Waals surface area contributed by atoms with Crippen LogP contribution in [-0.4, -0.2) is 36.8 Å². The van der Waals surface area contributed by atoms with Gasteiger partial charge < -0.3 is 9.45 Å². The van der Waals surface area contributed by atoms with E-state index in [9.17, 15) is 4.55 Å². The van der Waals surface area contributed by atoms with Crippen LogP contribution in [0.15, 0.2) is 46.6 Å². The predicted molar refractivity (Wildman–Crippen MR) is 146 cm³/mol. The van der Waals surface area contributed by atoms with Crippen LogP contribution in [0.4, 0.5) is 5.95 Å². The fourth-order valence-corrected chi connectivity index (χ4v) is 7.65. The van der Waals surface area contributed by atoms with Crippen LogP contribution in [-0.2, 0) is 11.4 Å². The molecule has 2 atom stereocenters. The summed E-state index contributed by atoms with van der Waals surface area (Å²) in [5, 5.41) is 6.89. The second-order valence-electron chi connectivity index (χ2n) is 10.4. The highest BCUT2D eigenvalue weighted by molar-refractivity contribution is 7.99. The zero-order valence-electron chi connectivity index (χ0n) is 20.0. The van der Waals surface area contributed by atoms with Crippen LogP contribution in [0.1, 0.15) is 52.4 Å². The topological polar surface area (TPSA) is 82.5 Å². The number of halogens is 2. The highest BCUT2D eigenvalue weighted by atomic mass is 35.5. The molecule has 1 aromatic carbocycles. The van der Waals surface area contributed by atoms with Gasteiger partial charge in [0.1, 0.15) is 4.75 Å². The second kappa shape index (κ2) is 9.95. The van der Waals surface area contributed by atoms with Crippen LogP contribution < -0.4 is 10.0 Å². The van der Waals surface area contributed by atoms with Crippen LogP contribution in [0.5, 0.6) is 0 Å². The molecule has 1 unspecified atom stereocenters. The van der Waals surface area contributed by atoms with Gasteiger partial charge in [0.05, 0.1) is 14.9 Å². The molecule has 1 aliphatic heterocycles. The number of anilines is 1. The van der Waals surface area contributed by atoms with Crippen LogP contribution in [0.3, 0.4) is 0 Å². The van der Waals surface area contributed by atoms with Crippen molar-refractivity contribution >= 4 is 57.9 Å². The molecule has 5 rings (SSSR count). The summed E-state index contributed by atoms with van der Waals surface area (Å²) in [7, 11) is 0. The van der Waals surface area contributed by atoms with E-state index in [2.05, 4.69) is 14.3 Å². The lowest BCUT2D eigenvalue weighted by Gasteiger charge is -2.45. The molecule has 2 fully saturated rings. The number of aromatic nitrogens is 3. The first-order valence-corrected chi connectivity index (χ1v) is 14.8. The van der Waals surface area contributed by atoms with Gasteiger partial charge in [0.2, 0.25) is 5.95 Å². The molecule has 188 valence electrons. The Kier molecular flexibility index (Phi) is 7.25. The second-order valence-corrected chi connectivity index (χ2v) is 14.0. The molecule has 1 spiro atoms. The molecule has 2 aromatic heterocycles. The van der Waals surface area contributed by atoms with E-state index in [4.69, 9.17) is 33.3 Å². The lowest BCUT2D eigenvalue weighted by Crippen LogP contribution is -2.46. The van der Waals surface area contributed by atoms with Crippen LogP contribution in [0, 0.1) is 11.3 Å². The number of hydrogen-bond donors (Lipinski definition) is 1. The Morgan fingerprint density at radius 1 is 1.20 bits per heavy atom. The van der Waals surface area contributed by atoms with Gasteiger partial charge in [-0.1, -0.05) is 47.5 Å². The summed E-state index contributed by atoms with van der Waals surface area (Å²) in [4.78, 5) is 13.7. The van der Waals surface area contributed by atoms with Gasteiger partial charge in [-0.2, -0.15) is 5.14 Å². The number of piperidine rings is 1. The highest BCUT2D eigenvalue weighted by Crippen LogP contribution is 2.54. The first-order valence-electron chi connectivity index (χ1n) is 12.1. The molecule has 1 aliphatic carbocycles. The predicted octanol–water partition coefficient (Wildman–Crippen LogP) is 6.37. The van der Waals surface area contributed by atoms with Crippen molar-refractivity contribution in [3.63, 3.8) is 0 Å². The quantitative estimate of drug-likeness (QED) is 0.358. The van der Waals surface area contributed by atoms with Crippen molar-refractivity contribution in [1.82, 2.24) is 14.4 Å². The molecule has 1 saturated heterocycles. The molecule has 35 heavy (non-hydrogen) atoms. The van der Waals surface area contributed by atoms with Crippen molar-refractivity contribution in [2.75, 3.05) is 18.0 Å². The van der Waals surface area contributed by atoms with Crippen molar-refractivity contribution in [2.45, 2.75) is 66.9 Å². The van der Waals surface area contributed by atoms with E-state index in [1.54, 1.807) is 6.07 Å². The highest BCUT2D eigenvalue weighted by Gasteiger charge is 2.48. The number of nitrogens with zero attached hydrogens (tertiary/aromatic N) is 4. The van der Waals surface area contributed by atoms with Crippen molar-refractivity contribution < 1.29 is 4.55 Å². The van der Waals surface area contributed by atoms with E-state index in [1.807, 2.05) is 44.6 Å². The number of imidazole rings is 1. The number of fused-ring (bicyclic) bond motifs is 1. The third-order valence-corrected chi connectivity index (χ3v) is 11.2. The number of rotatable bonds is 6. The summed E-state index contributed by atoms with van der Waals surface area (Å²) in [6.45, 7) is 5.99. The molecular weight excluding hydrogens is 521 g/mol. The molecule has 10 heteroatoms. The SMILES string of the molecule is CC(C)(C[C@H]1CCCC12CCN(c1ncc(Sc3cccc(Cl)c3Cl)c3nccn13)CC2)[S+](N)[O-]. The Morgan fingerprint density at radius 3 is 2.71 bits per heavy atom. The average Bonchev–Trinajstić information content (AvgIpc) is 3.46. The van der Waals surface area contributed by atoms with Gasteiger partial charge in [0.25, 0.3) is 0 Å². The first kappa shape index (κ1) is 25.5. The van der Waals surface area contributed by atoms with E-state index < -0.39 is 11.4 Å². The maximum absolute atomic E-state index is 12.1. The standard InChI is InChI=1S/C25H31Cl2N5OS2/c1-24(2,35(28)33)15-17-5-4-8-25(17)9-12-31(13-10-25)23-30-16-20(22-29-11-14-32(22)23)34-19-7-3-6-18(26)21(19)27/h3,6-7,11,14,16-17H,4-5,8-10,12-13,15,28H2,1-2H3/t17-,35?/m1/s1. The summed E-state index contributed by atoms with van der Waals surface area (Å²) in [6.07, 6.45) is 12.6. The summed E-state index contributed by atoms with van der Waals surface area (Å²) in [5.74, 6) is 1.50. The summed E-state index contributed by atoms with van der Waals surface area (Å²) in [6, 6.07) is 5.64. The smallest absolute Gasteiger partial charge is 0.211 e. The Balaban J connectivity index is 1.34. The first-order chi connectivity index (χ1) is 16.7. The average molecular weight is 553 g/mol. The van der Waals surface area contributed by atoms with Crippen molar-refractivity contribution in [3.05, 3.63) is 46.8 Å². The van der Waals surface area contributed by atoms with E-state index in [0.29, 0.717) is 21.4 Å². The normalized spacial score (nSPS) is 21.2. The number of nitrogens with two attached hydrogens (primary N) is 1. The minimum absolute atomic E-state index is 0.320. The van der Waals surface area contributed by atoms with E-state index in [-0.39, 0.29) is 4.75 Å². The Hall–Kier alpha value is -1.16. The lowest BCUT2D eigenvalue weighted by molar-refractivity contribution is 0.133. The molecule has 3 aromatic rings. The zero-order chi connectivity index (χ0) is 24.8. The Morgan fingerprint density at radius 2 is 1.97 bits per heavy atom. The molecule has 1 saturated carbocycles. The largest absolute Gasteiger partial charge is 0.598 e. The fourth-order valence-electron chi connectivity index (χ4n) is 5.89. The minimum atomic E-state index is -1.31. The molecule has 0 amide bonds. The van der Waals surface area contributed by atoms with Gasteiger partial charge in [-0.05, 0) is 63.0 Å². The molecule has 2 aliphatic rings. The maximum Gasteiger partial charge on any atom is 0.211 e.